The van der Waals surface area contributed by atoms with Crippen LogP contribution in [-0.4, -0.2) is 39.9 Å². The second kappa shape index (κ2) is 4.38. The molecule has 4 nitrogen and oxygen atoms in total. The van der Waals surface area contributed by atoms with E-state index < -0.39 is 31.0 Å². The van der Waals surface area contributed by atoms with Gasteiger partial charge in [0.15, 0.2) is 0 Å². The standard InChI is InChI=1S/C6H12O4/c1-4(8)6(10)5(9)2-3-7/h3-6,8-10H,2H2,1H3/t4-,5-,6+/m0/s1/i3D. The molecule has 0 aromatic rings. The van der Waals surface area contributed by atoms with Crippen LogP contribution in [0, 0.1) is 0 Å². The van der Waals surface area contributed by atoms with E-state index in [4.69, 9.17) is 16.7 Å². The first-order valence-electron chi connectivity index (χ1n) is 3.48. The van der Waals surface area contributed by atoms with Crippen molar-refractivity contribution in [2.24, 2.45) is 0 Å². The predicted molar refractivity (Wildman–Crippen MR) is 34.4 cm³/mol. The average Bonchev–Trinajstić information content (AvgIpc) is 1.84. The summed E-state index contributed by atoms with van der Waals surface area (Å²) in [4.78, 5) is 10.1. The van der Waals surface area contributed by atoms with Gasteiger partial charge in [0.1, 0.15) is 13.7 Å². The maximum atomic E-state index is 10.1. The molecule has 0 aromatic carbocycles. The summed E-state index contributed by atoms with van der Waals surface area (Å²) in [6.45, 7) is 1.29. The average molecular weight is 149 g/mol. The molecule has 3 N–H and O–H groups in total. The highest BCUT2D eigenvalue weighted by Gasteiger charge is 2.19. The van der Waals surface area contributed by atoms with Crippen LogP contribution in [0.25, 0.3) is 0 Å². The van der Waals surface area contributed by atoms with Gasteiger partial charge in [0, 0.05) is 6.42 Å². The Labute approximate surface area is 60.5 Å². The number of carbonyl (C=O) groups is 1. The van der Waals surface area contributed by atoms with E-state index in [1.165, 1.54) is 6.92 Å². The lowest BCUT2D eigenvalue weighted by molar-refractivity contribution is -0.113. The first-order valence-corrected chi connectivity index (χ1v) is 2.98. The molecule has 0 heterocycles. The van der Waals surface area contributed by atoms with Crippen LogP contribution < -0.4 is 0 Å². The normalized spacial score (nSPS) is 21.0. The Morgan fingerprint density at radius 3 is 2.40 bits per heavy atom. The van der Waals surface area contributed by atoms with Crippen LogP contribution in [0.2, 0.25) is 0 Å². The SMILES string of the molecule is [2H]C(=O)C[C@H](O)[C@H](O)[C@H](C)O. The molecule has 3 atom stereocenters. The van der Waals surface area contributed by atoms with Crippen LogP contribution in [0.3, 0.4) is 0 Å². The smallest absolute Gasteiger partial charge is 0.122 e. The molecule has 0 aliphatic heterocycles. The quantitative estimate of drug-likeness (QED) is 0.433. The zero-order chi connectivity index (χ0) is 9.02. The van der Waals surface area contributed by atoms with Crippen molar-refractivity contribution in [3.8, 4) is 0 Å². The van der Waals surface area contributed by atoms with E-state index >= 15 is 0 Å². The lowest BCUT2D eigenvalue weighted by Gasteiger charge is -2.17. The number of hydrogen-bond donors (Lipinski definition) is 3. The summed E-state index contributed by atoms with van der Waals surface area (Å²) in [5, 5.41) is 26.5. The van der Waals surface area contributed by atoms with Gasteiger partial charge in [-0.1, -0.05) is 0 Å². The Kier molecular flexibility index (Phi) is 3.35. The molecule has 0 rings (SSSR count). The van der Waals surface area contributed by atoms with Gasteiger partial charge >= 0.3 is 0 Å². The molecule has 0 saturated heterocycles. The fourth-order valence-electron chi connectivity index (χ4n) is 0.528. The van der Waals surface area contributed by atoms with E-state index in [-0.39, 0.29) is 0 Å². The minimum absolute atomic E-state index is 0.452. The second-order valence-electron chi connectivity index (χ2n) is 2.15. The first kappa shape index (κ1) is 7.65. The van der Waals surface area contributed by atoms with Gasteiger partial charge in [0.05, 0.1) is 12.2 Å². The summed E-state index contributed by atoms with van der Waals surface area (Å²) in [5.74, 6) is 0. The molecule has 0 saturated carbocycles. The van der Waals surface area contributed by atoms with Crippen molar-refractivity contribution in [2.45, 2.75) is 31.7 Å². The zero-order valence-corrected chi connectivity index (χ0v) is 5.69. The molecule has 0 unspecified atom stereocenters. The fraction of sp³-hybridized carbons (Fsp3) is 0.833. The molecule has 0 aliphatic carbocycles. The van der Waals surface area contributed by atoms with Gasteiger partial charge in [-0.2, -0.15) is 0 Å². The van der Waals surface area contributed by atoms with E-state index in [9.17, 15) is 4.79 Å². The molecule has 0 fully saturated rings. The summed E-state index contributed by atoms with van der Waals surface area (Å²) in [6.07, 6.45) is -5.21. The van der Waals surface area contributed by atoms with Crippen LogP contribution in [-0.2, 0) is 4.79 Å². The molecule has 10 heavy (non-hydrogen) atoms. The zero-order valence-electron chi connectivity index (χ0n) is 6.69. The van der Waals surface area contributed by atoms with Crippen molar-refractivity contribution >= 4 is 6.26 Å². The van der Waals surface area contributed by atoms with Crippen molar-refractivity contribution in [3.63, 3.8) is 0 Å². The Bertz CT molecular complexity index is 137. The van der Waals surface area contributed by atoms with Gasteiger partial charge in [-0.15, -0.1) is 0 Å². The molecule has 60 valence electrons. The monoisotopic (exact) mass is 149 g/mol. The summed E-state index contributed by atoms with van der Waals surface area (Å²) < 4.78 is 6.45. The van der Waals surface area contributed by atoms with Gasteiger partial charge in [-0.05, 0) is 6.92 Å². The number of hydrogen-bond acceptors (Lipinski definition) is 4. The van der Waals surface area contributed by atoms with Gasteiger partial charge < -0.3 is 20.1 Å². The predicted octanol–water partition coefficient (Wildman–Crippen LogP) is -1.32. The topological polar surface area (TPSA) is 77.8 Å². The van der Waals surface area contributed by atoms with E-state index in [1.54, 1.807) is 0 Å². The van der Waals surface area contributed by atoms with Crippen molar-refractivity contribution in [1.82, 2.24) is 0 Å². The Hall–Kier alpha value is -0.450. The molecule has 0 aromatic heterocycles. The highest BCUT2D eigenvalue weighted by Crippen LogP contribution is 2.01. The number of aliphatic hydroxyl groups is 3. The van der Waals surface area contributed by atoms with Crippen LogP contribution in [0.4, 0.5) is 0 Å². The Morgan fingerprint density at radius 2 is 2.10 bits per heavy atom. The minimum atomic E-state index is -1.36. The first-order chi connectivity index (χ1) is 4.95. The van der Waals surface area contributed by atoms with Crippen LogP contribution in [0.15, 0.2) is 0 Å². The number of carbonyl (C=O) groups excluding carboxylic acids is 1. The Balaban J connectivity index is 3.82. The molecule has 0 amide bonds. The molecular weight excluding hydrogens is 136 g/mol. The summed E-state index contributed by atoms with van der Waals surface area (Å²) in [6, 6.07) is 0. The van der Waals surface area contributed by atoms with Crippen LogP contribution in [0.5, 0.6) is 0 Å². The van der Waals surface area contributed by atoms with Crippen molar-refractivity contribution in [2.75, 3.05) is 0 Å². The highest BCUT2D eigenvalue weighted by atomic mass is 16.4. The maximum Gasteiger partial charge on any atom is 0.122 e. The second-order valence-corrected chi connectivity index (χ2v) is 2.15. The van der Waals surface area contributed by atoms with E-state index in [2.05, 4.69) is 0 Å². The van der Waals surface area contributed by atoms with Crippen molar-refractivity contribution in [3.05, 3.63) is 0 Å². The third kappa shape index (κ3) is 2.91. The molecule has 0 bridgehead atoms. The van der Waals surface area contributed by atoms with Crippen LogP contribution >= 0.6 is 0 Å². The third-order valence-corrected chi connectivity index (χ3v) is 1.18. The van der Waals surface area contributed by atoms with Gasteiger partial charge in [0.2, 0.25) is 0 Å². The summed E-state index contributed by atoms with van der Waals surface area (Å²) in [5.41, 5.74) is 0. The number of aliphatic hydroxyl groups excluding tert-OH is 3. The fourth-order valence-corrected chi connectivity index (χ4v) is 0.528. The molecule has 0 radical (unpaired) electrons. The van der Waals surface area contributed by atoms with E-state index in [0.29, 0.717) is 0 Å². The number of aldehydes is 1. The molecule has 0 spiro atoms. The highest BCUT2D eigenvalue weighted by molar-refractivity contribution is 5.50. The molecule has 4 heteroatoms. The van der Waals surface area contributed by atoms with E-state index in [0.717, 1.165) is 0 Å². The molecular formula is C6H12O4. The lowest BCUT2D eigenvalue weighted by atomic mass is 10.1. The lowest BCUT2D eigenvalue weighted by Crippen LogP contribution is -2.35. The molecule has 0 aliphatic rings. The third-order valence-electron chi connectivity index (χ3n) is 1.18. The van der Waals surface area contributed by atoms with Crippen LogP contribution in [0.1, 0.15) is 14.7 Å². The van der Waals surface area contributed by atoms with Crippen molar-refractivity contribution in [1.29, 1.82) is 0 Å². The van der Waals surface area contributed by atoms with Gasteiger partial charge in [0.25, 0.3) is 0 Å². The van der Waals surface area contributed by atoms with Gasteiger partial charge in [-0.25, -0.2) is 0 Å². The van der Waals surface area contributed by atoms with Crippen molar-refractivity contribution < 1.29 is 21.5 Å². The maximum absolute atomic E-state index is 10.1. The summed E-state index contributed by atoms with van der Waals surface area (Å²) >= 11 is 0. The minimum Gasteiger partial charge on any atom is -0.391 e. The Morgan fingerprint density at radius 1 is 1.60 bits per heavy atom. The summed E-state index contributed by atoms with van der Waals surface area (Å²) in [7, 11) is 0. The van der Waals surface area contributed by atoms with E-state index in [1.807, 2.05) is 0 Å². The largest absolute Gasteiger partial charge is 0.391 e. The number of rotatable bonds is 4. The van der Waals surface area contributed by atoms with Gasteiger partial charge in [-0.3, -0.25) is 0 Å².